The first-order valence-electron chi connectivity index (χ1n) is 6.59. The molecule has 0 aliphatic rings. The maximum atomic E-state index is 11.8. The molecule has 2 N–H and O–H groups in total. The standard InChI is InChI=1S/C16H15IN2O3/c1-11(20)18-13-6-8-15(9-7-13)22-10-16(21)19-14-4-2-12(17)3-5-14/h2-9H,10H2,1H3,(H,18,20)(H,19,21). The minimum atomic E-state index is -0.229. The second-order valence-corrected chi connectivity index (χ2v) is 5.79. The van der Waals surface area contributed by atoms with Crippen molar-refractivity contribution >= 4 is 45.8 Å². The van der Waals surface area contributed by atoms with Crippen LogP contribution in [0.2, 0.25) is 0 Å². The number of carbonyl (C=O) groups is 2. The fraction of sp³-hybridized carbons (Fsp3) is 0.125. The minimum absolute atomic E-state index is 0.0779. The highest BCUT2D eigenvalue weighted by molar-refractivity contribution is 14.1. The predicted octanol–water partition coefficient (Wildman–Crippen LogP) is 3.27. The summed E-state index contributed by atoms with van der Waals surface area (Å²) in [6.07, 6.45) is 0. The number of halogens is 1. The van der Waals surface area contributed by atoms with Gasteiger partial charge in [0.1, 0.15) is 5.75 Å². The number of amides is 2. The Hall–Kier alpha value is -2.09. The van der Waals surface area contributed by atoms with Crippen LogP contribution in [0.4, 0.5) is 11.4 Å². The number of ether oxygens (including phenoxy) is 1. The van der Waals surface area contributed by atoms with Crippen LogP contribution in [-0.4, -0.2) is 18.4 Å². The van der Waals surface area contributed by atoms with Crippen LogP contribution in [-0.2, 0) is 9.59 Å². The summed E-state index contributed by atoms with van der Waals surface area (Å²) in [5.74, 6) is 0.199. The molecule has 5 nitrogen and oxygen atoms in total. The van der Waals surface area contributed by atoms with Crippen molar-refractivity contribution in [3.63, 3.8) is 0 Å². The first-order chi connectivity index (χ1) is 10.5. The average molecular weight is 410 g/mol. The van der Waals surface area contributed by atoms with Crippen molar-refractivity contribution in [1.82, 2.24) is 0 Å². The van der Waals surface area contributed by atoms with Crippen LogP contribution in [0.15, 0.2) is 48.5 Å². The number of nitrogens with one attached hydrogen (secondary N) is 2. The summed E-state index contributed by atoms with van der Waals surface area (Å²) in [6, 6.07) is 14.3. The molecular formula is C16H15IN2O3. The first-order valence-corrected chi connectivity index (χ1v) is 7.67. The highest BCUT2D eigenvalue weighted by atomic mass is 127. The molecule has 0 unspecified atom stereocenters. The van der Waals surface area contributed by atoms with Gasteiger partial charge in [-0.05, 0) is 71.1 Å². The van der Waals surface area contributed by atoms with Crippen LogP contribution < -0.4 is 15.4 Å². The van der Waals surface area contributed by atoms with Crippen molar-refractivity contribution in [2.45, 2.75) is 6.92 Å². The SMILES string of the molecule is CC(=O)Nc1ccc(OCC(=O)Nc2ccc(I)cc2)cc1. The maximum Gasteiger partial charge on any atom is 0.262 e. The Bertz CT molecular complexity index is 654. The topological polar surface area (TPSA) is 67.4 Å². The Morgan fingerprint density at radius 2 is 1.50 bits per heavy atom. The van der Waals surface area contributed by atoms with E-state index >= 15 is 0 Å². The quantitative estimate of drug-likeness (QED) is 0.744. The van der Waals surface area contributed by atoms with Gasteiger partial charge in [0.15, 0.2) is 6.61 Å². The van der Waals surface area contributed by atoms with Crippen molar-refractivity contribution < 1.29 is 14.3 Å². The maximum absolute atomic E-state index is 11.8. The molecule has 0 radical (unpaired) electrons. The number of carbonyl (C=O) groups excluding carboxylic acids is 2. The zero-order valence-corrected chi connectivity index (χ0v) is 14.1. The monoisotopic (exact) mass is 410 g/mol. The number of hydrogen-bond donors (Lipinski definition) is 2. The fourth-order valence-electron chi connectivity index (χ4n) is 1.72. The molecular weight excluding hydrogens is 395 g/mol. The summed E-state index contributed by atoms with van der Waals surface area (Å²) in [4.78, 5) is 22.7. The Balaban J connectivity index is 1.83. The minimum Gasteiger partial charge on any atom is -0.484 e. The first kappa shape index (κ1) is 16.3. The largest absolute Gasteiger partial charge is 0.484 e. The molecule has 2 amide bonds. The average Bonchev–Trinajstić information content (AvgIpc) is 2.48. The molecule has 114 valence electrons. The third kappa shape index (κ3) is 5.36. The van der Waals surface area contributed by atoms with E-state index in [1.165, 1.54) is 6.92 Å². The van der Waals surface area contributed by atoms with Crippen molar-refractivity contribution in [2.75, 3.05) is 17.2 Å². The van der Waals surface area contributed by atoms with Crippen LogP contribution in [0, 0.1) is 3.57 Å². The van der Waals surface area contributed by atoms with Gasteiger partial charge in [0.25, 0.3) is 5.91 Å². The Kier molecular flexibility index (Phi) is 5.76. The third-order valence-electron chi connectivity index (χ3n) is 2.67. The summed E-state index contributed by atoms with van der Waals surface area (Å²) in [5, 5.41) is 5.41. The Morgan fingerprint density at radius 1 is 0.955 bits per heavy atom. The van der Waals surface area contributed by atoms with Gasteiger partial charge in [0.05, 0.1) is 0 Å². The van der Waals surface area contributed by atoms with E-state index in [0.29, 0.717) is 11.4 Å². The highest BCUT2D eigenvalue weighted by Gasteiger charge is 2.04. The van der Waals surface area contributed by atoms with Crippen LogP contribution in [0.25, 0.3) is 0 Å². The summed E-state index contributed by atoms with van der Waals surface area (Å²) >= 11 is 2.20. The van der Waals surface area contributed by atoms with Crippen LogP contribution in [0.1, 0.15) is 6.92 Å². The van der Waals surface area contributed by atoms with Crippen molar-refractivity contribution in [3.05, 3.63) is 52.1 Å². The van der Waals surface area contributed by atoms with E-state index in [2.05, 4.69) is 33.2 Å². The number of benzene rings is 2. The van der Waals surface area contributed by atoms with Gasteiger partial charge in [0.2, 0.25) is 5.91 Å². The summed E-state index contributed by atoms with van der Waals surface area (Å²) in [5.41, 5.74) is 1.42. The van der Waals surface area contributed by atoms with E-state index in [9.17, 15) is 9.59 Å². The van der Waals surface area contributed by atoms with Crippen molar-refractivity contribution in [2.24, 2.45) is 0 Å². The molecule has 0 aliphatic heterocycles. The van der Waals surface area contributed by atoms with Gasteiger partial charge in [-0.15, -0.1) is 0 Å². The lowest BCUT2D eigenvalue weighted by Crippen LogP contribution is -2.20. The van der Waals surface area contributed by atoms with Gasteiger partial charge in [-0.2, -0.15) is 0 Å². The molecule has 0 heterocycles. The van der Waals surface area contributed by atoms with E-state index < -0.39 is 0 Å². The molecule has 2 aromatic carbocycles. The van der Waals surface area contributed by atoms with Gasteiger partial charge >= 0.3 is 0 Å². The van der Waals surface area contributed by atoms with Gasteiger partial charge < -0.3 is 15.4 Å². The van der Waals surface area contributed by atoms with Gasteiger partial charge in [0, 0.05) is 21.9 Å². The van der Waals surface area contributed by atoms with Gasteiger partial charge in [-0.1, -0.05) is 0 Å². The molecule has 2 aromatic rings. The molecule has 22 heavy (non-hydrogen) atoms. The Labute approximate surface area is 142 Å². The van der Waals surface area contributed by atoms with E-state index in [-0.39, 0.29) is 18.4 Å². The lowest BCUT2D eigenvalue weighted by molar-refractivity contribution is -0.118. The molecule has 0 bridgehead atoms. The zero-order chi connectivity index (χ0) is 15.9. The molecule has 0 aliphatic carbocycles. The fourth-order valence-corrected chi connectivity index (χ4v) is 2.08. The summed E-state index contributed by atoms with van der Waals surface area (Å²) in [6.45, 7) is 1.37. The molecule has 0 atom stereocenters. The smallest absolute Gasteiger partial charge is 0.262 e. The molecule has 2 rings (SSSR count). The van der Waals surface area contributed by atoms with Crippen LogP contribution in [0.5, 0.6) is 5.75 Å². The van der Waals surface area contributed by atoms with Crippen LogP contribution >= 0.6 is 22.6 Å². The molecule has 0 spiro atoms. The van der Waals surface area contributed by atoms with E-state index in [1.807, 2.05) is 24.3 Å². The molecule has 6 heteroatoms. The summed E-state index contributed by atoms with van der Waals surface area (Å²) in [7, 11) is 0. The number of rotatable bonds is 5. The van der Waals surface area contributed by atoms with Crippen molar-refractivity contribution in [3.8, 4) is 5.75 Å². The highest BCUT2D eigenvalue weighted by Crippen LogP contribution is 2.16. The van der Waals surface area contributed by atoms with Gasteiger partial charge in [-0.3, -0.25) is 9.59 Å². The molecule has 0 aromatic heterocycles. The lowest BCUT2D eigenvalue weighted by Gasteiger charge is -2.08. The molecule has 0 fully saturated rings. The van der Waals surface area contributed by atoms with Crippen molar-refractivity contribution in [1.29, 1.82) is 0 Å². The Morgan fingerprint density at radius 3 is 2.09 bits per heavy atom. The summed E-state index contributed by atoms with van der Waals surface area (Å²) < 4.78 is 6.50. The van der Waals surface area contributed by atoms with E-state index in [0.717, 1.165) is 9.26 Å². The number of hydrogen-bond acceptors (Lipinski definition) is 3. The second kappa shape index (κ2) is 7.79. The second-order valence-electron chi connectivity index (χ2n) is 4.55. The van der Waals surface area contributed by atoms with E-state index in [4.69, 9.17) is 4.74 Å². The lowest BCUT2D eigenvalue weighted by atomic mass is 10.3. The van der Waals surface area contributed by atoms with Crippen LogP contribution in [0.3, 0.4) is 0 Å². The normalized spacial score (nSPS) is 9.91. The third-order valence-corrected chi connectivity index (χ3v) is 3.39. The molecule has 0 saturated carbocycles. The number of anilines is 2. The van der Waals surface area contributed by atoms with E-state index in [1.54, 1.807) is 24.3 Å². The van der Waals surface area contributed by atoms with Gasteiger partial charge in [-0.25, -0.2) is 0 Å². The molecule has 0 saturated heterocycles. The predicted molar refractivity (Wildman–Crippen MR) is 94.0 cm³/mol. The zero-order valence-electron chi connectivity index (χ0n) is 11.9.